The summed E-state index contributed by atoms with van der Waals surface area (Å²) in [5.74, 6) is 0.665. The first-order chi connectivity index (χ1) is 9.06. The first kappa shape index (κ1) is 14.4. The van der Waals surface area contributed by atoms with E-state index in [4.69, 9.17) is 11.6 Å². The quantitative estimate of drug-likeness (QED) is 0.834. The SMILES string of the molecule is Cc1ccc(C)c(C(=O)NCC2(CCl)CCCC2)c1. The fraction of sp³-hybridized carbons (Fsp3) is 0.562. The molecule has 104 valence electrons. The molecule has 1 aliphatic rings. The van der Waals surface area contributed by atoms with E-state index in [1.807, 2.05) is 32.0 Å². The molecule has 2 nitrogen and oxygen atoms in total. The molecule has 0 atom stereocenters. The Kier molecular flexibility index (Phi) is 4.51. The molecular formula is C16H22ClNO. The molecule has 1 aliphatic carbocycles. The van der Waals surface area contributed by atoms with Crippen molar-refractivity contribution in [2.24, 2.45) is 5.41 Å². The number of rotatable bonds is 4. The predicted octanol–water partition coefficient (Wildman–Crippen LogP) is 3.83. The smallest absolute Gasteiger partial charge is 0.251 e. The largest absolute Gasteiger partial charge is 0.351 e. The second kappa shape index (κ2) is 5.96. The monoisotopic (exact) mass is 279 g/mol. The Bertz CT molecular complexity index is 464. The minimum atomic E-state index is 0.0255. The van der Waals surface area contributed by atoms with Gasteiger partial charge in [0, 0.05) is 23.4 Å². The summed E-state index contributed by atoms with van der Waals surface area (Å²) in [5, 5.41) is 3.08. The lowest BCUT2D eigenvalue weighted by Crippen LogP contribution is -2.37. The van der Waals surface area contributed by atoms with Gasteiger partial charge in [-0.1, -0.05) is 30.5 Å². The van der Waals surface area contributed by atoms with Crippen LogP contribution in [-0.4, -0.2) is 18.3 Å². The summed E-state index contributed by atoms with van der Waals surface area (Å²) in [6.07, 6.45) is 4.71. The maximum absolute atomic E-state index is 12.3. The van der Waals surface area contributed by atoms with Crippen LogP contribution in [0.25, 0.3) is 0 Å². The molecule has 0 saturated heterocycles. The standard InChI is InChI=1S/C16H22ClNO/c1-12-5-6-13(2)14(9-12)15(19)18-11-16(10-17)7-3-4-8-16/h5-6,9H,3-4,7-8,10-11H2,1-2H3,(H,18,19). The number of halogens is 1. The minimum absolute atomic E-state index is 0.0255. The highest BCUT2D eigenvalue weighted by Gasteiger charge is 2.33. The molecule has 0 unspecified atom stereocenters. The van der Waals surface area contributed by atoms with Crippen molar-refractivity contribution >= 4 is 17.5 Å². The van der Waals surface area contributed by atoms with Crippen LogP contribution in [0, 0.1) is 19.3 Å². The van der Waals surface area contributed by atoms with Gasteiger partial charge < -0.3 is 5.32 Å². The van der Waals surface area contributed by atoms with Gasteiger partial charge >= 0.3 is 0 Å². The maximum Gasteiger partial charge on any atom is 0.251 e. The molecule has 1 amide bonds. The third kappa shape index (κ3) is 3.30. The van der Waals surface area contributed by atoms with Crippen LogP contribution >= 0.6 is 11.6 Å². The van der Waals surface area contributed by atoms with Gasteiger partial charge in [-0.05, 0) is 38.3 Å². The van der Waals surface area contributed by atoms with Gasteiger partial charge in [-0.2, -0.15) is 0 Å². The van der Waals surface area contributed by atoms with E-state index >= 15 is 0 Å². The molecule has 0 aromatic heterocycles. The van der Waals surface area contributed by atoms with E-state index < -0.39 is 0 Å². The molecule has 3 heteroatoms. The van der Waals surface area contributed by atoms with Crippen LogP contribution < -0.4 is 5.32 Å². The summed E-state index contributed by atoms with van der Waals surface area (Å²) >= 11 is 6.10. The number of nitrogens with one attached hydrogen (secondary N) is 1. The van der Waals surface area contributed by atoms with Gasteiger partial charge in [0.15, 0.2) is 0 Å². The van der Waals surface area contributed by atoms with Crippen molar-refractivity contribution in [2.45, 2.75) is 39.5 Å². The fourth-order valence-corrected chi connectivity index (χ4v) is 3.19. The molecule has 19 heavy (non-hydrogen) atoms. The summed E-state index contributed by atoms with van der Waals surface area (Å²) in [5.41, 5.74) is 3.04. The van der Waals surface area contributed by atoms with Crippen molar-refractivity contribution in [2.75, 3.05) is 12.4 Å². The van der Waals surface area contributed by atoms with E-state index in [1.165, 1.54) is 12.8 Å². The lowest BCUT2D eigenvalue weighted by atomic mass is 9.88. The average Bonchev–Trinajstić information content (AvgIpc) is 2.88. The van der Waals surface area contributed by atoms with Crippen LogP contribution in [0.3, 0.4) is 0 Å². The van der Waals surface area contributed by atoms with Crippen LogP contribution in [0.1, 0.15) is 47.2 Å². The summed E-state index contributed by atoms with van der Waals surface area (Å²) in [7, 11) is 0. The summed E-state index contributed by atoms with van der Waals surface area (Å²) in [6.45, 7) is 4.68. The highest BCUT2D eigenvalue weighted by molar-refractivity contribution is 6.18. The van der Waals surface area contributed by atoms with Crippen LogP contribution in [0.4, 0.5) is 0 Å². The van der Waals surface area contributed by atoms with Gasteiger partial charge in [0.1, 0.15) is 0 Å². The van der Waals surface area contributed by atoms with E-state index in [1.54, 1.807) is 0 Å². The Labute approximate surface area is 120 Å². The molecule has 0 aliphatic heterocycles. The normalized spacial score (nSPS) is 17.4. The van der Waals surface area contributed by atoms with Crippen molar-refractivity contribution in [1.82, 2.24) is 5.32 Å². The first-order valence-electron chi connectivity index (χ1n) is 6.98. The zero-order chi connectivity index (χ0) is 13.9. The van der Waals surface area contributed by atoms with E-state index in [-0.39, 0.29) is 11.3 Å². The van der Waals surface area contributed by atoms with Crippen LogP contribution in [0.15, 0.2) is 18.2 Å². The van der Waals surface area contributed by atoms with Gasteiger partial charge in [-0.15, -0.1) is 11.6 Å². The average molecular weight is 280 g/mol. The van der Waals surface area contributed by atoms with Gasteiger partial charge in [0.05, 0.1) is 0 Å². The number of carbonyl (C=O) groups is 1. The second-order valence-electron chi connectivity index (χ2n) is 5.84. The van der Waals surface area contributed by atoms with Gasteiger partial charge in [-0.25, -0.2) is 0 Å². The predicted molar refractivity (Wildman–Crippen MR) is 79.9 cm³/mol. The number of aryl methyl sites for hydroxylation is 2. The summed E-state index contributed by atoms with van der Waals surface area (Å²) in [4.78, 5) is 12.3. The summed E-state index contributed by atoms with van der Waals surface area (Å²) in [6, 6.07) is 5.98. The summed E-state index contributed by atoms with van der Waals surface area (Å²) < 4.78 is 0. The van der Waals surface area contributed by atoms with Crippen molar-refractivity contribution in [3.8, 4) is 0 Å². The van der Waals surface area contributed by atoms with Crippen LogP contribution in [-0.2, 0) is 0 Å². The minimum Gasteiger partial charge on any atom is -0.351 e. The molecule has 0 radical (unpaired) electrons. The van der Waals surface area contributed by atoms with E-state index in [0.29, 0.717) is 12.4 Å². The van der Waals surface area contributed by atoms with E-state index in [9.17, 15) is 4.79 Å². The van der Waals surface area contributed by atoms with Crippen molar-refractivity contribution in [3.63, 3.8) is 0 Å². The Morgan fingerprint density at radius 1 is 1.32 bits per heavy atom. The molecule has 2 rings (SSSR count). The Morgan fingerprint density at radius 2 is 2.00 bits per heavy atom. The Hall–Kier alpha value is -1.02. The number of amides is 1. The number of carbonyl (C=O) groups excluding carboxylic acids is 1. The van der Waals surface area contributed by atoms with E-state index in [0.717, 1.165) is 29.5 Å². The Morgan fingerprint density at radius 3 is 2.63 bits per heavy atom. The number of alkyl halides is 1. The molecule has 0 spiro atoms. The molecule has 1 aromatic rings. The highest BCUT2D eigenvalue weighted by Crippen LogP contribution is 2.38. The topological polar surface area (TPSA) is 29.1 Å². The van der Waals surface area contributed by atoms with E-state index in [2.05, 4.69) is 5.32 Å². The third-order valence-corrected chi connectivity index (χ3v) is 4.78. The lowest BCUT2D eigenvalue weighted by Gasteiger charge is -2.26. The molecular weight excluding hydrogens is 258 g/mol. The van der Waals surface area contributed by atoms with Gasteiger partial charge in [0.25, 0.3) is 5.91 Å². The lowest BCUT2D eigenvalue weighted by molar-refractivity contribution is 0.0934. The molecule has 1 saturated carbocycles. The zero-order valence-corrected chi connectivity index (χ0v) is 12.5. The zero-order valence-electron chi connectivity index (χ0n) is 11.8. The molecule has 1 N–H and O–H groups in total. The number of hydrogen-bond acceptors (Lipinski definition) is 1. The van der Waals surface area contributed by atoms with Crippen molar-refractivity contribution < 1.29 is 4.79 Å². The van der Waals surface area contributed by atoms with Crippen molar-refractivity contribution in [3.05, 3.63) is 34.9 Å². The number of benzene rings is 1. The van der Waals surface area contributed by atoms with Gasteiger partial charge in [0.2, 0.25) is 0 Å². The van der Waals surface area contributed by atoms with Crippen LogP contribution in [0.2, 0.25) is 0 Å². The van der Waals surface area contributed by atoms with Gasteiger partial charge in [-0.3, -0.25) is 4.79 Å². The van der Waals surface area contributed by atoms with Crippen LogP contribution in [0.5, 0.6) is 0 Å². The second-order valence-corrected chi connectivity index (χ2v) is 6.11. The molecule has 1 fully saturated rings. The molecule has 0 heterocycles. The fourth-order valence-electron chi connectivity index (χ4n) is 2.83. The Balaban J connectivity index is 2.03. The number of hydrogen-bond donors (Lipinski definition) is 1. The van der Waals surface area contributed by atoms with Crippen molar-refractivity contribution in [1.29, 1.82) is 0 Å². The highest BCUT2D eigenvalue weighted by atomic mass is 35.5. The molecule has 0 bridgehead atoms. The third-order valence-electron chi connectivity index (χ3n) is 4.21. The first-order valence-corrected chi connectivity index (χ1v) is 7.51. The maximum atomic E-state index is 12.3. The molecule has 1 aromatic carbocycles.